The zero-order valence-corrected chi connectivity index (χ0v) is 10.8. The van der Waals surface area contributed by atoms with Crippen LogP contribution in [0.2, 0.25) is 0 Å². The number of halogens is 2. The number of aromatic nitrogens is 2. The Kier molecular flexibility index (Phi) is 3.64. The predicted octanol–water partition coefficient (Wildman–Crippen LogP) is 2.90. The average Bonchev–Trinajstić information content (AvgIpc) is 3.09. The molecule has 4 nitrogen and oxygen atoms in total. The summed E-state index contributed by atoms with van der Waals surface area (Å²) in [5, 5.41) is 3.38. The van der Waals surface area contributed by atoms with Crippen LogP contribution in [-0.2, 0) is 0 Å². The van der Waals surface area contributed by atoms with Crippen molar-refractivity contribution in [3.63, 3.8) is 0 Å². The Balaban J connectivity index is 1.99. The van der Waals surface area contributed by atoms with Gasteiger partial charge in [-0.15, -0.1) is 0 Å². The molecule has 2 heterocycles. The minimum Gasteiger partial charge on any atom is -0.433 e. The van der Waals surface area contributed by atoms with Gasteiger partial charge in [-0.25, -0.2) is 4.98 Å². The van der Waals surface area contributed by atoms with Crippen molar-refractivity contribution in [3.8, 4) is 11.4 Å². The molecular weight excluding hydrogens is 264 g/mol. The first-order valence-electron chi connectivity index (χ1n) is 6.55. The molecule has 0 spiro atoms. The van der Waals surface area contributed by atoms with Gasteiger partial charge in [0, 0.05) is 6.04 Å². The molecule has 1 aromatic carbocycles. The summed E-state index contributed by atoms with van der Waals surface area (Å²) < 4.78 is 31.4. The second-order valence-corrected chi connectivity index (χ2v) is 4.68. The van der Waals surface area contributed by atoms with E-state index in [4.69, 9.17) is 0 Å². The van der Waals surface area contributed by atoms with Crippen LogP contribution in [0.4, 0.5) is 8.78 Å². The van der Waals surface area contributed by atoms with Gasteiger partial charge in [-0.05, 0) is 31.5 Å². The van der Waals surface area contributed by atoms with E-state index in [1.165, 1.54) is 6.07 Å². The standard InChI is InChI=1S/C14H15F2N3O/c15-14(16)20-13-6-2-1-5-11(13)19-9-17-8-12(19)10-4-3-7-18-10/h1-2,5-6,8-10,14,18H,3-4,7H2. The van der Waals surface area contributed by atoms with Crippen LogP contribution in [0.25, 0.3) is 5.69 Å². The van der Waals surface area contributed by atoms with Gasteiger partial charge in [0.25, 0.3) is 0 Å². The Hall–Kier alpha value is -1.95. The lowest BCUT2D eigenvalue weighted by atomic mass is 10.1. The van der Waals surface area contributed by atoms with Crippen molar-refractivity contribution in [2.45, 2.75) is 25.5 Å². The summed E-state index contributed by atoms with van der Waals surface area (Å²) in [5.41, 5.74) is 1.54. The summed E-state index contributed by atoms with van der Waals surface area (Å²) in [6.45, 7) is -1.88. The number of hydrogen-bond donors (Lipinski definition) is 1. The third kappa shape index (κ3) is 2.51. The van der Waals surface area contributed by atoms with Crippen molar-refractivity contribution in [1.29, 1.82) is 0 Å². The Morgan fingerprint density at radius 1 is 1.35 bits per heavy atom. The highest BCUT2D eigenvalue weighted by atomic mass is 19.3. The van der Waals surface area contributed by atoms with E-state index in [9.17, 15) is 8.78 Å². The highest BCUT2D eigenvalue weighted by Gasteiger charge is 2.21. The lowest BCUT2D eigenvalue weighted by molar-refractivity contribution is -0.0498. The molecule has 1 unspecified atom stereocenters. The van der Waals surface area contributed by atoms with Crippen LogP contribution >= 0.6 is 0 Å². The monoisotopic (exact) mass is 279 g/mol. The largest absolute Gasteiger partial charge is 0.433 e. The Bertz CT molecular complexity index is 579. The normalized spacial score (nSPS) is 18.6. The van der Waals surface area contributed by atoms with E-state index in [1.54, 1.807) is 35.3 Å². The van der Waals surface area contributed by atoms with Gasteiger partial charge in [-0.2, -0.15) is 8.78 Å². The number of alkyl halides is 2. The fourth-order valence-electron chi connectivity index (χ4n) is 2.55. The third-order valence-electron chi connectivity index (χ3n) is 3.43. The second-order valence-electron chi connectivity index (χ2n) is 4.68. The molecule has 3 rings (SSSR count). The van der Waals surface area contributed by atoms with Crippen molar-refractivity contribution in [2.75, 3.05) is 6.54 Å². The Labute approximate surface area is 115 Å². The summed E-state index contributed by atoms with van der Waals surface area (Å²) in [6.07, 6.45) is 5.51. The predicted molar refractivity (Wildman–Crippen MR) is 70.2 cm³/mol. The number of nitrogens with one attached hydrogen (secondary N) is 1. The van der Waals surface area contributed by atoms with Gasteiger partial charge >= 0.3 is 6.61 Å². The van der Waals surface area contributed by atoms with Crippen molar-refractivity contribution in [2.24, 2.45) is 0 Å². The molecule has 0 saturated carbocycles. The van der Waals surface area contributed by atoms with Crippen LogP contribution in [0.15, 0.2) is 36.8 Å². The maximum absolute atomic E-state index is 12.5. The number of nitrogens with zero attached hydrogens (tertiary/aromatic N) is 2. The summed E-state index contributed by atoms with van der Waals surface area (Å²) in [6, 6.07) is 6.95. The van der Waals surface area contributed by atoms with Gasteiger partial charge in [0.2, 0.25) is 0 Å². The van der Waals surface area contributed by atoms with Crippen molar-refractivity contribution in [3.05, 3.63) is 42.5 Å². The molecule has 1 fully saturated rings. The van der Waals surface area contributed by atoms with Crippen LogP contribution in [0, 0.1) is 0 Å². The second kappa shape index (κ2) is 5.58. The number of benzene rings is 1. The zero-order chi connectivity index (χ0) is 13.9. The number of ether oxygens (including phenoxy) is 1. The smallest absolute Gasteiger partial charge is 0.387 e. The first-order valence-corrected chi connectivity index (χ1v) is 6.55. The Morgan fingerprint density at radius 2 is 2.20 bits per heavy atom. The molecule has 1 atom stereocenters. The number of imidazole rings is 1. The molecule has 1 aliphatic heterocycles. The minimum atomic E-state index is -2.84. The van der Waals surface area contributed by atoms with Gasteiger partial charge < -0.3 is 10.1 Å². The zero-order valence-electron chi connectivity index (χ0n) is 10.8. The van der Waals surface area contributed by atoms with Gasteiger partial charge in [0.05, 0.1) is 23.9 Å². The molecule has 106 valence electrons. The maximum Gasteiger partial charge on any atom is 0.387 e. The summed E-state index contributed by atoms with van der Waals surface area (Å²) in [5.74, 6) is 0.153. The number of para-hydroxylation sites is 2. The minimum absolute atomic E-state index is 0.153. The van der Waals surface area contributed by atoms with Crippen LogP contribution in [0.5, 0.6) is 5.75 Å². The average molecular weight is 279 g/mol. The van der Waals surface area contributed by atoms with Crippen molar-refractivity contribution < 1.29 is 13.5 Å². The quantitative estimate of drug-likeness (QED) is 0.935. The van der Waals surface area contributed by atoms with Crippen LogP contribution in [0.3, 0.4) is 0 Å². The van der Waals surface area contributed by atoms with E-state index in [1.807, 2.05) is 0 Å². The van der Waals surface area contributed by atoms with E-state index >= 15 is 0 Å². The summed E-state index contributed by atoms with van der Waals surface area (Å²) >= 11 is 0. The molecule has 0 bridgehead atoms. The molecule has 2 aromatic rings. The fraction of sp³-hybridized carbons (Fsp3) is 0.357. The molecule has 1 aromatic heterocycles. The van der Waals surface area contributed by atoms with Gasteiger partial charge in [-0.1, -0.05) is 12.1 Å². The molecule has 6 heteroatoms. The van der Waals surface area contributed by atoms with Gasteiger partial charge in [0.15, 0.2) is 0 Å². The van der Waals surface area contributed by atoms with E-state index < -0.39 is 6.61 Å². The van der Waals surface area contributed by atoms with Gasteiger partial charge in [-0.3, -0.25) is 4.57 Å². The van der Waals surface area contributed by atoms with E-state index in [0.717, 1.165) is 25.1 Å². The molecule has 0 aliphatic carbocycles. The number of hydrogen-bond acceptors (Lipinski definition) is 3. The first kappa shape index (κ1) is 13.1. The highest BCUT2D eigenvalue weighted by Crippen LogP contribution is 2.30. The third-order valence-corrected chi connectivity index (χ3v) is 3.43. The molecule has 1 saturated heterocycles. The Morgan fingerprint density at radius 3 is 2.95 bits per heavy atom. The van der Waals surface area contributed by atoms with Crippen LogP contribution in [-0.4, -0.2) is 22.7 Å². The van der Waals surface area contributed by atoms with Crippen LogP contribution < -0.4 is 10.1 Å². The molecular formula is C14H15F2N3O. The van der Waals surface area contributed by atoms with Gasteiger partial charge in [0.1, 0.15) is 5.75 Å². The summed E-state index contributed by atoms with van der Waals surface area (Å²) in [4.78, 5) is 4.14. The lowest BCUT2D eigenvalue weighted by Crippen LogP contribution is -2.16. The molecule has 0 amide bonds. The van der Waals surface area contributed by atoms with E-state index in [0.29, 0.717) is 5.69 Å². The number of rotatable bonds is 4. The van der Waals surface area contributed by atoms with E-state index in [-0.39, 0.29) is 11.8 Å². The molecule has 20 heavy (non-hydrogen) atoms. The van der Waals surface area contributed by atoms with Crippen molar-refractivity contribution in [1.82, 2.24) is 14.9 Å². The first-order chi connectivity index (χ1) is 9.75. The van der Waals surface area contributed by atoms with Crippen molar-refractivity contribution >= 4 is 0 Å². The molecule has 1 N–H and O–H groups in total. The topological polar surface area (TPSA) is 39.1 Å². The van der Waals surface area contributed by atoms with Crippen LogP contribution in [0.1, 0.15) is 24.6 Å². The SMILES string of the molecule is FC(F)Oc1ccccc1-n1cncc1C1CCCN1. The maximum atomic E-state index is 12.5. The lowest BCUT2D eigenvalue weighted by Gasteiger charge is -2.16. The molecule has 0 radical (unpaired) electrons. The molecule has 1 aliphatic rings. The summed E-state index contributed by atoms with van der Waals surface area (Å²) in [7, 11) is 0. The van der Waals surface area contributed by atoms with E-state index in [2.05, 4.69) is 15.0 Å². The highest BCUT2D eigenvalue weighted by molar-refractivity contribution is 5.48. The fourth-order valence-corrected chi connectivity index (χ4v) is 2.55.